The van der Waals surface area contributed by atoms with E-state index in [-0.39, 0.29) is 0 Å². The molecule has 2 aromatic rings. The number of ether oxygens (including phenoxy) is 2. The van der Waals surface area contributed by atoms with Crippen LogP contribution in [0.25, 0.3) is 0 Å². The maximum absolute atomic E-state index is 6.18. The van der Waals surface area contributed by atoms with E-state index in [0.717, 1.165) is 29.4 Å². The minimum atomic E-state index is 0.695. The second-order valence-electron chi connectivity index (χ2n) is 4.06. The number of methoxy groups -OCH3 is 1. The van der Waals surface area contributed by atoms with Gasteiger partial charge in [-0.05, 0) is 49.0 Å². The van der Waals surface area contributed by atoms with Gasteiger partial charge in [-0.3, -0.25) is 0 Å². The molecule has 0 aliphatic carbocycles. The molecular formula is C15H16ClNO2. The van der Waals surface area contributed by atoms with Gasteiger partial charge in [-0.15, -0.1) is 0 Å². The van der Waals surface area contributed by atoms with Crippen LogP contribution >= 0.6 is 11.6 Å². The summed E-state index contributed by atoms with van der Waals surface area (Å²) >= 11 is 6.18. The molecule has 4 heteroatoms. The molecule has 0 saturated carbocycles. The summed E-state index contributed by atoms with van der Waals surface area (Å²) in [7, 11) is 3.52. The summed E-state index contributed by atoms with van der Waals surface area (Å²) in [6, 6.07) is 13.1. The lowest BCUT2D eigenvalue weighted by molar-refractivity contribution is 0.413. The highest BCUT2D eigenvalue weighted by molar-refractivity contribution is 6.31. The van der Waals surface area contributed by atoms with Gasteiger partial charge in [-0.25, -0.2) is 0 Å². The van der Waals surface area contributed by atoms with Crippen LogP contribution in [0.4, 0.5) is 0 Å². The van der Waals surface area contributed by atoms with E-state index in [4.69, 9.17) is 21.1 Å². The third-order valence-electron chi connectivity index (χ3n) is 2.69. The molecule has 0 aliphatic heterocycles. The Bertz CT molecular complexity index is 540. The number of nitrogens with one attached hydrogen (secondary N) is 1. The van der Waals surface area contributed by atoms with E-state index in [0.29, 0.717) is 5.02 Å². The lowest BCUT2D eigenvalue weighted by Gasteiger charge is -2.09. The molecule has 0 aromatic heterocycles. The zero-order valence-electron chi connectivity index (χ0n) is 10.9. The summed E-state index contributed by atoms with van der Waals surface area (Å²) in [6.45, 7) is 0.738. The number of halogens is 1. The van der Waals surface area contributed by atoms with Gasteiger partial charge in [-0.2, -0.15) is 0 Å². The predicted octanol–water partition coefficient (Wildman–Crippen LogP) is 3.86. The second kappa shape index (κ2) is 6.45. The average Bonchev–Trinajstić information content (AvgIpc) is 2.43. The highest BCUT2D eigenvalue weighted by atomic mass is 35.5. The zero-order valence-corrected chi connectivity index (χ0v) is 11.7. The third-order valence-corrected chi connectivity index (χ3v) is 3.04. The maximum Gasteiger partial charge on any atom is 0.128 e. The van der Waals surface area contributed by atoms with E-state index < -0.39 is 0 Å². The highest BCUT2D eigenvalue weighted by Crippen LogP contribution is 2.27. The van der Waals surface area contributed by atoms with Crippen LogP contribution in [0.5, 0.6) is 17.2 Å². The molecule has 2 rings (SSSR count). The number of rotatable bonds is 5. The van der Waals surface area contributed by atoms with Crippen LogP contribution in [0.1, 0.15) is 5.56 Å². The smallest absolute Gasteiger partial charge is 0.128 e. The first-order valence-corrected chi connectivity index (χ1v) is 6.35. The van der Waals surface area contributed by atoms with Crippen LogP contribution in [0.2, 0.25) is 5.02 Å². The molecule has 3 nitrogen and oxygen atoms in total. The number of benzene rings is 2. The lowest BCUT2D eigenvalue weighted by atomic mass is 10.2. The molecule has 0 fully saturated rings. The van der Waals surface area contributed by atoms with Crippen LogP contribution in [-0.4, -0.2) is 14.2 Å². The van der Waals surface area contributed by atoms with Crippen LogP contribution in [-0.2, 0) is 6.54 Å². The SMILES string of the molecule is CNCc1ccc(Oc2ccc(OC)cc2)cc1Cl. The lowest BCUT2D eigenvalue weighted by Crippen LogP contribution is -2.05. The Labute approximate surface area is 118 Å². The fraction of sp³-hybridized carbons (Fsp3) is 0.200. The molecule has 0 radical (unpaired) electrons. The zero-order chi connectivity index (χ0) is 13.7. The fourth-order valence-corrected chi connectivity index (χ4v) is 1.94. The van der Waals surface area contributed by atoms with Crippen molar-refractivity contribution in [1.82, 2.24) is 5.32 Å². The van der Waals surface area contributed by atoms with Gasteiger partial charge in [0.15, 0.2) is 0 Å². The van der Waals surface area contributed by atoms with E-state index in [2.05, 4.69) is 5.32 Å². The Hall–Kier alpha value is -1.71. The van der Waals surface area contributed by atoms with Gasteiger partial charge in [-0.1, -0.05) is 17.7 Å². The van der Waals surface area contributed by atoms with Crippen molar-refractivity contribution < 1.29 is 9.47 Å². The van der Waals surface area contributed by atoms with Crippen molar-refractivity contribution in [3.63, 3.8) is 0 Å². The Kier molecular flexibility index (Phi) is 4.66. The summed E-state index contributed by atoms with van der Waals surface area (Å²) in [4.78, 5) is 0. The summed E-state index contributed by atoms with van der Waals surface area (Å²) in [5.74, 6) is 2.27. The van der Waals surface area contributed by atoms with E-state index in [9.17, 15) is 0 Å². The predicted molar refractivity (Wildman–Crippen MR) is 77.3 cm³/mol. The molecule has 0 spiro atoms. The van der Waals surface area contributed by atoms with Gasteiger partial charge >= 0.3 is 0 Å². The Morgan fingerprint density at radius 2 is 1.63 bits per heavy atom. The van der Waals surface area contributed by atoms with Crippen LogP contribution in [0.3, 0.4) is 0 Å². The van der Waals surface area contributed by atoms with Crippen molar-refractivity contribution in [2.24, 2.45) is 0 Å². The molecule has 1 N–H and O–H groups in total. The van der Waals surface area contributed by atoms with Gasteiger partial charge < -0.3 is 14.8 Å². The Balaban J connectivity index is 2.11. The van der Waals surface area contributed by atoms with Crippen molar-refractivity contribution in [2.45, 2.75) is 6.54 Å². The van der Waals surface area contributed by atoms with Gasteiger partial charge in [0, 0.05) is 11.6 Å². The average molecular weight is 278 g/mol. The first-order chi connectivity index (χ1) is 9.22. The molecule has 0 saturated heterocycles. The van der Waals surface area contributed by atoms with Gasteiger partial charge in [0.2, 0.25) is 0 Å². The van der Waals surface area contributed by atoms with E-state index in [1.807, 2.05) is 49.5 Å². The minimum absolute atomic E-state index is 0.695. The normalized spacial score (nSPS) is 10.3. The van der Waals surface area contributed by atoms with Gasteiger partial charge in [0.1, 0.15) is 17.2 Å². The summed E-state index contributed by atoms with van der Waals surface area (Å²) in [5, 5.41) is 3.76. The monoisotopic (exact) mass is 277 g/mol. The molecule has 0 aliphatic rings. The van der Waals surface area contributed by atoms with Crippen molar-refractivity contribution in [3.05, 3.63) is 53.1 Å². The van der Waals surface area contributed by atoms with Crippen LogP contribution in [0, 0.1) is 0 Å². The van der Waals surface area contributed by atoms with Crippen molar-refractivity contribution in [3.8, 4) is 17.2 Å². The molecule has 0 heterocycles. The third kappa shape index (κ3) is 3.63. The summed E-state index contributed by atoms with van der Waals surface area (Å²) < 4.78 is 10.8. The molecular weight excluding hydrogens is 262 g/mol. The largest absolute Gasteiger partial charge is 0.497 e. The molecule has 100 valence electrons. The molecule has 19 heavy (non-hydrogen) atoms. The van der Waals surface area contributed by atoms with Gasteiger partial charge in [0.05, 0.1) is 7.11 Å². The van der Waals surface area contributed by atoms with Gasteiger partial charge in [0.25, 0.3) is 0 Å². The highest BCUT2D eigenvalue weighted by Gasteiger charge is 2.03. The Morgan fingerprint density at radius 3 is 2.21 bits per heavy atom. The number of hydrogen-bond acceptors (Lipinski definition) is 3. The standard InChI is InChI=1S/C15H16ClNO2/c1-17-10-11-3-4-14(9-15(11)16)19-13-7-5-12(18-2)6-8-13/h3-9,17H,10H2,1-2H3. The van der Waals surface area contributed by atoms with Crippen LogP contribution < -0.4 is 14.8 Å². The van der Waals surface area contributed by atoms with Crippen molar-refractivity contribution >= 4 is 11.6 Å². The molecule has 2 aromatic carbocycles. The minimum Gasteiger partial charge on any atom is -0.497 e. The Morgan fingerprint density at radius 1 is 1.00 bits per heavy atom. The number of hydrogen-bond donors (Lipinski definition) is 1. The summed E-state index contributed by atoms with van der Waals surface area (Å²) in [5.41, 5.74) is 1.05. The summed E-state index contributed by atoms with van der Waals surface area (Å²) in [6.07, 6.45) is 0. The first-order valence-electron chi connectivity index (χ1n) is 5.98. The van der Waals surface area contributed by atoms with E-state index >= 15 is 0 Å². The molecule has 0 bridgehead atoms. The maximum atomic E-state index is 6.18. The van der Waals surface area contributed by atoms with E-state index in [1.165, 1.54) is 0 Å². The fourth-order valence-electron chi connectivity index (χ4n) is 1.71. The molecule has 0 atom stereocenters. The quantitative estimate of drug-likeness (QED) is 0.900. The second-order valence-corrected chi connectivity index (χ2v) is 4.47. The van der Waals surface area contributed by atoms with Crippen molar-refractivity contribution in [1.29, 1.82) is 0 Å². The van der Waals surface area contributed by atoms with Crippen LogP contribution in [0.15, 0.2) is 42.5 Å². The molecule has 0 amide bonds. The molecule has 0 unspecified atom stereocenters. The topological polar surface area (TPSA) is 30.5 Å². The first kappa shape index (κ1) is 13.7. The van der Waals surface area contributed by atoms with E-state index in [1.54, 1.807) is 7.11 Å². The van der Waals surface area contributed by atoms with Crippen molar-refractivity contribution in [2.75, 3.05) is 14.2 Å².